The third-order valence-corrected chi connectivity index (χ3v) is 3.82. The van der Waals surface area contributed by atoms with Crippen LogP contribution >= 0.6 is 0 Å². The summed E-state index contributed by atoms with van der Waals surface area (Å²) in [6.07, 6.45) is 7.83. The smallest absolute Gasteiger partial charge is 0.131 e. The molecule has 2 heterocycles. The van der Waals surface area contributed by atoms with Crippen molar-refractivity contribution in [3.8, 4) is 0 Å². The molecule has 1 aliphatic heterocycles. The molecule has 18 heavy (non-hydrogen) atoms. The zero-order chi connectivity index (χ0) is 12.2. The molecule has 3 rings (SSSR count). The standard InChI is InChI=1S/C13H21N5/c1-2-10(3-1)17-12-8-13(16-9-15-12)18-11-4-6-14-7-5-11/h8-11,14H,1-7H2,(H2,15,16,17,18). The normalized spacial score (nSPS) is 21.3. The highest BCUT2D eigenvalue weighted by Gasteiger charge is 2.18. The van der Waals surface area contributed by atoms with Gasteiger partial charge < -0.3 is 16.0 Å². The molecule has 98 valence electrons. The van der Waals surface area contributed by atoms with Gasteiger partial charge in [-0.25, -0.2) is 9.97 Å². The average molecular weight is 247 g/mol. The van der Waals surface area contributed by atoms with Crippen molar-refractivity contribution in [1.29, 1.82) is 0 Å². The fraction of sp³-hybridized carbons (Fsp3) is 0.692. The number of nitrogens with zero attached hydrogens (tertiary/aromatic N) is 2. The Morgan fingerprint density at radius 1 is 0.944 bits per heavy atom. The molecule has 5 nitrogen and oxygen atoms in total. The van der Waals surface area contributed by atoms with Crippen LogP contribution in [0, 0.1) is 0 Å². The molecule has 1 aliphatic carbocycles. The summed E-state index contributed by atoms with van der Waals surface area (Å²) in [7, 11) is 0. The lowest BCUT2D eigenvalue weighted by molar-refractivity contribution is 0.444. The van der Waals surface area contributed by atoms with E-state index in [4.69, 9.17) is 0 Å². The summed E-state index contributed by atoms with van der Waals surface area (Å²) in [6.45, 7) is 2.19. The van der Waals surface area contributed by atoms with Gasteiger partial charge >= 0.3 is 0 Å². The second-order valence-corrected chi connectivity index (χ2v) is 5.23. The SMILES string of the molecule is c1nc(NC2CCC2)cc(NC2CCNCC2)n1. The summed E-state index contributed by atoms with van der Waals surface area (Å²) in [4.78, 5) is 8.58. The monoisotopic (exact) mass is 247 g/mol. The Bertz CT molecular complexity index is 385. The van der Waals surface area contributed by atoms with Crippen LogP contribution in [0.1, 0.15) is 32.1 Å². The summed E-state index contributed by atoms with van der Waals surface area (Å²) < 4.78 is 0. The van der Waals surface area contributed by atoms with Crippen molar-refractivity contribution in [1.82, 2.24) is 15.3 Å². The first-order valence-corrected chi connectivity index (χ1v) is 6.96. The fourth-order valence-electron chi connectivity index (χ4n) is 2.45. The van der Waals surface area contributed by atoms with Gasteiger partial charge in [-0.2, -0.15) is 0 Å². The topological polar surface area (TPSA) is 61.9 Å². The molecule has 1 saturated heterocycles. The molecule has 2 aliphatic rings. The maximum absolute atomic E-state index is 4.30. The van der Waals surface area contributed by atoms with Crippen LogP contribution in [0.3, 0.4) is 0 Å². The van der Waals surface area contributed by atoms with E-state index >= 15 is 0 Å². The van der Waals surface area contributed by atoms with Crippen LogP contribution in [-0.2, 0) is 0 Å². The molecule has 0 atom stereocenters. The Balaban J connectivity index is 1.58. The number of hydrogen-bond acceptors (Lipinski definition) is 5. The quantitative estimate of drug-likeness (QED) is 0.754. The minimum Gasteiger partial charge on any atom is -0.367 e. The zero-order valence-corrected chi connectivity index (χ0v) is 10.7. The van der Waals surface area contributed by atoms with Gasteiger partial charge in [-0.1, -0.05) is 0 Å². The Kier molecular flexibility index (Phi) is 3.59. The second-order valence-electron chi connectivity index (χ2n) is 5.23. The highest BCUT2D eigenvalue weighted by molar-refractivity contribution is 5.47. The molecule has 2 fully saturated rings. The van der Waals surface area contributed by atoms with E-state index in [1.54, 1.807) is 6.33 Å². The van der Waals surface area contributed by atoms with Gasteiger partial charge in [0.2, 0.25) is 0 Å². The molecule has 0 spiro atoms. The van der Waals surface area contributed by atoms with Crippen LogP contribution in [0.2, 0.25) is 0 Å². The van der Waals surface area contributed by atoms with E-state index in [2.05, 4.69) is 25.9 Å². The molecule has 3 N–H and O–H groups in total. The lowest BCUT2D eigenvalue weighted by Crippen LogP contribution is -2.35. The Morgan fingerprint density at radius 2 is 1.56 bits per heavy atom. The fourth-order valence-corrected chi connectivity index (χ4v) is 2.45. The molecule has 0 aromatic carbocycles. The number of nitrogens with one attached hydrogen (secondary N) is 3. The van der Waals surface area contributed by atoms with E-state index < -0.39 is 0 Å². The Hall–Kier alpha value is -1.36. The summed E-state index contributed by atoms with van der Waals surface area (Å²) in [5.74, 6) is 1.89. The number of hydrogen-bond donors (Lipinski definition) is 3. The molecular weight excluding hydrogens is 226 g/mol. The van der Waals surface area contributed by atoms with Gasteiger partial charge in [0.05, 0.1) is 0 Å². The van der Waals surface area contributed by atoms with E-state index in [1.165, 1.54) is 19.3 Å². The summed E-state index contributed by atoms with van der Waals surface area (Å²) in [6, 6.07) is 3.18. The van der Waals surface area contributed by atoms with Gasteiger partial charge in [0.15, 0.2) is 0 Å². The predicted octanol–water partition coefficient (Wildman–Crippen LogP) is 1.60. The van der Waals surface area contributed by atoms with Crippen LogP contribution in [0.5, 0.6) is 0 Å². The van der Waals surface area contributed by atoms with Crippen LogP contribution in [0.25, 0.3) is 0 Å². The molecule has 1 aromatic heterocycles. The maximum Gasteiger partial charge on any atom is 0.131 e. The van der Waals surface area contributed by atoms with Gasteiger partial charge in [-0.3, -0.25) is 0 Å². The van der Waals surface area contributed by atoms with Gasteiger partial charge in [0.1, 0.15) is 18.0 Å². The zero-order valence-electron chi connectivity index (χ0n) is 10.7. The molecule has 0 bridgehead atoms. The molecule has 5 heteroatoms. The van der Waals surface area contributed by atoms with E-state index in [0.29, 0.717) is 12.1 Å². The largest absolute Gasteiger partial charge is 0.367 e. The lowest BCUT2D eigenvalue weighted by atomic mass is 9.93. The Morgan fingerprint density at radius 3 is 2.11 bits per heavy atom. The first-order chi connectivity index (χ1) is 8.90. The van der Waals surface area contributed by atoms with Crippen molar-refractivity contribution < 1.29 is 0 Å². The molecule has 1 saturated carbocycles. The van der Waals surface area contributed by atoms with Crippen LogP contribution in [0.15, 0.2) is 12.4 Å². The highest BCUT2D eigenvalue weighted by atomic mass is 15.1. The van der Waals surface area contributed by atoms with Crippen molar-refractivity contribution >= 4 is 11.6 Å². The van der Waals surface area contributed by atoms with E-state index in [-0.39, 0.29) is 0 Å². The van der Waals surface area contributed by atoms with E-state index in [0.717, 1.165) is 37.6 Å². The van der Waals surface area contributed by atoms with Crippen LogP contribution in [0.4, 0.5) is 11.6 Å². The first kappa shape index (κ1) is 11.7. The number of aromatic nitrogens is 2. The molecule has 1 aromatic rings. The van der Waals surface area contributed by atoms with Gasteiger partial charge in [-0.15, -0.1) is 0 Å². The summed E-state index contributed by atoms with van der Waals surface area (Å²) in [5, 5.41) is 10.3. The number of rotatable bonds is 4. The molecule has 0 amide bonds. The summed E-state index contributed by atoms with van der Waals surface area (Å²) >= 11 is 0. The van der Waals surface area contributed by atoms with Gasteiger partial charge in [0.25, 0.3) is 0 Å². The summed E-state index contributed by atoms with van der Waals surface area (Å²) in [5.41, 5.74) is 0. The maximum atomic E-state index is 4.30. The predicted molar refractivity (Wildman–Crippen MR) is 72.8 cm³/mol. The van der Waals surface area contributed by atoms with Crippen molar-refractivity contribution in [2.45, 2.75) is 44.2 Å². The third kappa shape index (κ3) is 2.90. The Labute approximate surface area is 108 Å². The van der Waals surface area contributed by atoms with Crippen LogP contribution < -0.4 is 16.0 Å². The second kappa shape index (κ2) is 5.52. The number of anilines is 2. The van der Waals surface area contributed by atoms with Gasteiger partial charge in [0, 0.05) is 18.2 Å². The van der Waals surface area contributed by atoms with Crippen molar-refractivity contribution in [2.75, 3.05) is 23.7 Å². The highest BCUT2D eigenvalue weighted by Crippen LogP contribution is 2.23. The van der Waals surface area contributed by atoms with Gasteiger partial charge in [-0.05, 0) is 45.2 Å². The third-order valence-electron chi connectivity index (χ3n) is 3.82. The average Bonchev–Trinajstić information content (AvgIpc) is 2.36. The number of piperidine rings is 1. The minimum absolute atomic E-state index is 0.540. The van der Waals surface area contributed by atoms with E-state index in [9.17, 15) is 0 Å². The van der Waals surface area contributed by atoms with Crippen molar-refractivity contribution in [3.63, 3.8) is 0 Å². The lowest BCUT2D eigenvalue weighted by Gasteiger charge is -2.27. The molecule has 0 radical (unpaired) electrons. The van der Waals surface area contributed by atoms with Crippen molar-refractivity contribution in [2.24, 2.45) is 0 Å². The minimum atomic E-state index is 0.540. The molecule has 0 unspecified atom stereocenters. The first-order valence-electron chi connectivity index (χ1n) is 6.96. The van der Waals surface area contributed by atoms with Crippen LogP contribution in [-0.4, -0.2) is 35.1 Å². The molecular formula is C13H21N5. The van der Waals surface area contributed by atoms with Crippen molar-refractivity contribution in [3.05, 3.63) is 12.4 Å². The van der Waals surface area contributed by atoms with E-state index in [1.807, 2.05) is 6.07 Å².